The minimum absolute atomic E-state index is 0.0610. The van der Waals surface area contributed by atoms with Crippen LogP contribution >= 0.6 is 0 Å². The number of carbonyl (C=O) groups is 1. The van der Waals surface area contributed by atoms with Crippen LogP contribution in [0.1, 0.15) is 36.2 Å². The van der Waals surface area contributed by atoms with Crippen molar-refractivity contribution in [1.29, 1.82) is 0 Å². The molecular weight excluding hydrogens is 272 g/mol. The van der Waals surface area contributed by atoms with E-state index in [1.54, 1.807) is 10.6 Å². The molecule has 1 fully saturated rings. The molecule has 1 aromatic heterocycles. The third kappa shape index (κ3) is 2.47. The summed E-state index contributed by atoms with van der Waals surface area (Å²) in [5, 5.41) is 9.02. The molecule has 1 aromatic carbocycles. The number of hydrogen-bond donors (Lipinski definition) is 2. The number of hydrogen-bond acceptors (Lipinski definition) is 3. The van der Waals surface area contributed by atoms with Gasteiger partial charge in [0, 0.05) is 19.3 Å². The second-order valence-corrected chi connectivity index (χ2v) is 5.53. The Balaban J connectivity index is 2.03. The van der Waals surface area contributed by atoms with Crippen LogP contribution in [0.15, 0.2) is 23.0 Å². The smallest absolute Gasteiger partial charge is 0.335 e. The van der Waals surface area contributed by atoms with Gasteiger partial charge in [0.15, 0.2) is 0 Å². The van der Waals surface area contributed by atoms with Crippen LogP contribution in [0, 0.1) is 5.92 Å². The van der Waals surface area contributed by atoms with E-state index >= 15 is 0 Å². The van der Waals surface area contributed by atoms with Gasteiger partial charge in [-0.05, 0) is 43.9 Å². The van der Waals surface area contributed by atoms with E-state index in [4.69, 9.17) is 9.84 Å². The number of carboxylic acid groups (broad SMARTS) is 1. The number of aromatic carboxylic acids is 1. The number of imidazole rings is 1. The molecule has 2 heterocycles. The quantitative estimate of drug-likeness (QED) is 0.905. The molecule has 2 aromatic rings. The van der Waals surface area contributed by atoms with Crippen LogP contribution in [0.3, 0.4) is 0 Å². The van der Waals surface area contributed by atoms with Crippen molar-refractivity contribution >= 4 is 17.0 Å². The summed E-state index contributed by atoms with van der Waals surface area (Å²) in [6.45, 7) is 3.50. The molecule has 1 aliphatic rings. The predicted molar refractivity (Wildman–Crippen MR) is 77.8 cm³/mol. The van der Waals surface area contributed by atoms with Gasteiger partial charge in [-0.1, -0.05) is 0 Å². The number of rotatable bonds is 3. The SMILES string of the molecule is CC(C1CCOCC1)n1c(=O)[nH]c2cc(C(=O)O)ccc21. The minimum atomic E-state index is -0.997. The number of H-pyrrole nitrogens is 1. The zero-order valence-electron chi connectivity index (χ0n) is 11.8. The van der Waals surface area contributed by atoms with Crippen LogP contribution in [-0.4, -0.2) is 33.8 Å². The summed E-state index contributed by atoms with van der Waals surface area (Å²) in [6.07, 6.45) is 1.88. The summed E-state index contributed by atoms with van der Waals surface area (Å²) < 4.78 is 7.10. The molecule has 1 aliphatic heterocycles. The van der Waals surface area contributed by atoms with E-state index < -0.39 is 5.97 Å². The van der Waals surface area contributed by atoms with Gasteiger partial charge in [-0.15, -0.1) is 0 Å². The minimum Gasteiger partial charge on any atom is -0.478 e. The van der Waals surface area contributed by atoms with Crippen LogP contribution in [-0.2, 0) is 4.74 Å². The van der Waals surface area contributed by atoms with Crippen molar-refractivity contribution in [1.82, 2.24) is 9.55 Å². The maximum atomic E-state index is 12.2. The molecule has 1 unspecified atom stereocenters. The molecule has 0 bridgehead atoms. The monoisotopic (exact) mass is 290 g/mol. The Kier molecular flexibility index (Phi) is 3.55. The van der Waals surface area contributed by atoms with Gasteiger partial charge in [0.25, 0.3) is 0 Å². The Hall–Kier alpha value is -2.08. The first kappa shape index (κ1) is 13.9. The van der Waals surface area contributed by atoms with E-state index in [1.807, 2.05) is 6.92 Å². The highest BCUT2D eigenvalue weighted by molar-refractivity contribution is 5.92. The largest absolute Gasteiger partial charge is 0.478 e. The fraction of sp³-hybridized carbons (Fsp3) is 0.467. The van der Waals surface area contributed by atoms with E-state index in [0.29, 0.717) is 11.4 Å². The lowest BCUT2D eigenvalue weighted by molar-refractivity contribution is 0.0514. The van der Waals surface area contributed by atoms with Crippen LogP contribution in [0.25, 0.3) is 11.0 Å². The first-order valence-electron chi connectivity index (χ1n) is 7.13. The molecule has 21 heavy (non-hydrogen) atoms. The average Bonchev–Trinajstić information content (AvgIpc) is 2.82. The highest BCUT2D eigenvalue weighted by Gasteiger charge is 2.24. The molecule has 0 saturated carbocycles. The Morgan fingerprint density at radius 1 is 1.43 bits per heavy atom. The Morgan fingerprint density at radius 3 is 2.81 bits per heavy atom. The van der Waals surface area contributed by atoms with E-state index in [1.165, 1.54) is 12.1 Å². The fourth-order valence-electron chi connectivity index (χ4n) is 3.08. The van der Waals surface area contributed by atoms with Gasteiger partial charge in [-0.3, -0.25) is 4.57 Å². The molecule has 3 rings (SSSR count). The van der Waals surface area contributed by atoms with E-state index in [0.717, 1.165) is 31.6 Å². The molecule has 112 valence electrons. The zero-order valence-corrected chi connectivity index (χ0v) is 11.8. The molecule has 6 nitrogen and oxygen atoms in total. The lowest BCUT2D eigenvalue weighted by Crippen LogP contribution is -2.29. The third-order valence-electron chi connectivity index (χ3n) is 4.32. The van der Waals surface area contributed by atoms with Crippen molar-refractivity contribution < 1.29 is 14.6 Å². The number of benzene rings is 1. The van der Waals surface area contributed by atoms with Crippen LogP contribution in [0.2, 0.25) is 0 Å². The highest BCUT2D eigenvalue weighted by atomic mass is 16.5. The summed E-state index contributed by atoms with van der Waals surface area (Å²) in [6, 6.07) is 4.80. The number of nitrogens with zero attached hydrogens (tertiary/aromatic N) is 1. The molecule has 0 spiro atoms. The second kappa shape index (κ2) is 5.37. The van der Waals surface area contributed by atoms with Crippen molar-refractivity contribution in [3.8, 4) is 0 Å². The number of carboxylic acids is 1. The summed E-state index contributed by atoms with van der Waals surface area (Å²) in [5.41, 5.74) is 1.31. The Bertz CT molecular complexity index is 725. The maximum absolute atomic E-state index is 12.2. The third-order valence-corrected chi connectivity index (χ3v) is 4.32. The first-order chi connectivity index (χ1) is 10.1. The highest BCUT2D eigenvalue weighted by Crippen LogP contribution is 2.28. The molecule has 1 atom stereocenters. The first-order valence-corrected chi connectivity index (χ1v) is 7.13. The molecule has 0 aliphatic carbocycles. The number of aromatic nitrogens is 2. The van der Waals surface area contributed by atoms with Crippen molar-refractivity contribution in [2.24, 2.45) is 5.92 Å². The summed E-state index contributed by atoms with van der Waals surface area (Å²) in [5.74, 6) is -0.599. The summed E-state index contributed by atoms with van der Waals surface area (Å²) in [7, 11) is 0. The maximum Gasteiger partial charge on any atom is 0.335 e. The van der Waals surface area contributed by atoms with Crippen LogP contribution in [0.5, 0.6) is 0 Å². The lowest BCUT2D eigenvalue weighted by atomic mass is 9.92. The molecule has 1 saturated heterocycles. The van der Waals surface area contributed by atoms with Gasteiger partial charge in [0.05, 0.1) is 16.6 Å². The normalized spacial score (nSPS) is 18.0. The molecule has 6 heteroatoms. The van der Waals surface area contributed by atoms with Crippen molar-refractivity contribution in [2.75, 3.05) is 13.2 Å². The number of nitrogens with one attached hydrogen (secondary N) is 1. The molecule has 2 N–H and O–H groups in total. The summed E-state index contributed by atoms with van der Waals surface area (Å²) >= 11 is 0. The average molecular weight is 290 g/mol. The van der Waals surface area contributed by atoms with Crippen LogP contribution < -0.4 is 5.69 Å². The van der Waals surface area contributed by atoms with Gasteiger partial charge in [-0.25, -0.2) is 9.59 Å². The standard InChI is InChI=1S/C15H18N2O4/c1-9(10-4-6-21-7-5-10)17-13-3-2-11(14(18)19)8-12(13)16-15(17)20/h2-3,8-10H,4-7H2,1H3,(H,16,20)(H,18,19). The van der Waals surface area contributed by atoms with E-state index in [9.17, 15) is 9.59 Å². The number of fused-ring (bicyclic) bond motifs is 1. The van der Waals surface area contributed by atoms with E-state index in [2.05, 4.69) is 4.98 Å². The van der Waals surface area contributed by atoms with Gasteiger partial charge in [-0.2, -0.15) is 0 Å². The van der Waals surface area contributed by atoms with Gasteiger partial charge < -0.3 is 14.8 Å². The predicted octanol–water partition coefficient (Wildman–Crippen LogP) is 2.02. The topological polar surface area (TPSA) is 84.3 Å². The molecule has 0 radical (unpaired) electrons. The Labute approximate surface area is 121 Å². The zero-order chi connectivity index (χ0) is 15.0. The molecule has 0 amide bonds. The van der Waals surface area contributed by atoms with Crippen molar-refractivity contribution in [2.45, 2.75) is 25.8 Å². The summed E-state index contributed by atoms with van der Waals surface area (Å²) in [4.78, 5) is 26.0. The van der Waals surface area contributed by atoms with Crippen molar-refractivity contribution in [3.63, 3.8) is 0 Å². The number of ether oxygens (including phenoxy) is 1. The van der Waals surface area contributed by atoms with Gasteiger partial charge in [0.2, 0.25) is 0 Å². The van der Waals surface area contributed by atoms with Gasteiger partial charge in [0.1, 0.15) is 0 Å². The van der Waals surface area contributed by atoms with Gasteiger partial charge >= 0.3 is 11.7 Å². The molecular formula is C15H18N2O4. The fourth-order valence-corrected chi connectivity index (χ4v) is 3.08. The van der Waals surface area contributed by atoms with Crippen LogP contribution in [0.4, 0.5) is 0 Å². The van der Waals surface area contributed by atoms with Crippen molar-refractivity contribution in [3.05, 3.63) is 34.2 Å². The number of aromatic amines is 1. The second-order valence-electron chi connectivity index (χ2n) is 5.53. The Morgan fingerprint density at radius 2 is 2.14 bits per heavy atom. The van der Waals surface area contributed by atoms with E-state index in [-0.39, 0.29) is 17.3 Å². The lowest BCUT2D eigenvalue weighted by Gasteiger charge is -2.28.